The second-order valence-electron chi connectivity index (χ2n) is 28.7. The first kappa shape index (κ1) is 114. The molecule has 4 aliphatic carbocycles. The molecular formula is C73H132O18S18. The third-order valence-electron chi connectivity index (χ3n) is 20.2. The molecule has 0 amide bonds. The Morgan fingerprint density at radius 1 is 0.367 bits per heavy atom. The third kappa shape index (κ3) is 35.9. The number of aliphatic hydroxyl groups excluding tert-OH is 8. The van der Waals surface area contributed by atoms with Gasteiger partial charge < -0.3 is 91.9 Å². The van der Waals surface area contributed by atoms with Crippen molar-refractivity contribution in [3.63, 3.8) is 0 Å². The molecule has 24 atom stereocenters. The monoisotopic (exact) mass is 1870 g/mol. The van der Waals surface area contributed by atoms with Crippen LogP contribution < -0.4 is 0 Å². The summed E-state index contributed by atoms with van der Waals surface area (Å²) in [5, 5.41) is 173. The summed E-state index contributed by atoms with van der Waals surface area (Å²) in [6.07, 6.45) is 4.59. The van der Waals surface area contributed by atoms with E-state index in [9.17, 15) is 86.8 Å². The van der Waals surface area contributed by atoms with Gasteiger partial charge in [0.05, 0.1) is 76.1 Å². The van der Waals surface area contributed by atoms with Gasteiger partial charge in [-0.05, 0) is 102 Å². The zero-order valence-electron chi connectivity index (χ0n) is 62.7. The molecule has 3 aromatic carbocycles. The van der Waals surface area contributed by atoms with Crippen LogP contribution in [0.15, 0.2) is 91.0 Å². The Bertz CT molecular complexity index is 2680. The van der Waals surface area contributed by atoms with Gasteiger partial charge in [0.25, 0.3) is 0 Å². The summed E-state index contributed by atoms with van der Waals surface area (Å²) in [5.41, 5.74) is -8.45. The van der Waals surface area contributed by atoms with Gasteiger partial charge in [0.1, 0.15) is 39.2 Å². The smallest absolute Gasteiger partial charge is 0.125 e. The van der Waals surface area contributed by atoms with Gasteiger partial charge in [-0.25, -0.2) is 0 Å². The lowest BCUT2D eigenvalue weighted by atomic mass is 9.74. The molecule has 7 rings (SSSR count). The molecule has 24 unspecified atom stereocenters. The van der Waals surface area contributed by atoms with Crippen molar-refractivity contribution in [1.29, 1.82) is 0 Å². The minimum absolute atomic E-state index is 0.0929. The molecule has 0 aliphatic heterocycles. The normalized spacial score (nSPS) is 29.1. The fraction of sp³-hybridized carbons (Fsp3) is 0.753. The van der Waals surface area contributed by atoms with Gasteiger partial charge in [0.2, 0.25) is 0 Å². The fourth-order valence-electron chi connectivity index (χ4n) is 11.1. The molecule has 36 heteroatoms. The molecule has 0 radical (unpaired) electrons. The zero-order chi connectivity index (χ0) is 84.8. The predicted octanol–water partition coefficient (Wildman–Crippen LogP) is 7.54. The Labute approximate surface area is 749 Å². The van der Waals surface area contributed by atoms with Gasteiger partial charge in [-0.2, -0.15) is 227 Å². The van der Waals surface area contributed by atoms with Crippen LogP contribution in [0.25, 0.3) is 0 Å². The van der Waals surface area contributed by atoms with Gasteiger partial charge in [0.15, 0.2) is 0 Å². The molecule has 3 aromatic rings. The standard InChI is InChI=1S/C16H18O2S2.C10H14O2S2.2C8H16O2S2.2C7H14O2S2.2C6H14O2S2.C5H12O2S2/c17-13(15(19)11-7-3-1-4-8-11)14(18)16(20)12-9-5-2-6-10-12;11-9(6-13)10(12,7-14)8-4-2-1-3-5-8;9-7(5-11)3-1-2-4-8(7,10)6-12;9-6(5-11)8(10)4-2-1-3-7(8)12;8-6(4-10)2-1-3-7(6,9)5-11;8-5(4-10)7(9)3-1-2-6(7)11;1-5(7,3-9)6(2,8)4-10;1-3(9)5(7)6(8)4(2)10;1-5(7,3-9)4(6)2-8/h1-10,13-20H;1-5,9,11-14H,6-7H2;9-12H,1-6H2;6-7,9-12H,1-5H2;8-11H,1-5H2;5-6,8-11H,1-4H2;7-10H,3-4H2,1-2H3;3-10H,1-2H3;4,6-9H,2-3H2,1H3. The molecular weight excluding hydrogens is 1740 g/mol. The molecule has 0 aromatic heterocycles. The van der Waals surface area contributed by atoms with E-state index in [0.717, 1.165) is 62.5 Å². The maximum absolute atomic E-state index is 10.3. The summed E-state index contributed by atoms with van der Waals surface area (Å²) in [6.45, 7) is 8.06. The van der Waals surface area contributed by atoms with Crippen molar-refractivity contribution >= 4 is 227 Å². The molecule has 0 saturated heterocycles. The van der Waals surface area contributed by atoms with Gasteiger partial charge >= 0.3 is 0 Å². The molecule has 0 bridgehead atoms. The largest absolute Gasteiger partial charge is 0.389 e. The Morgan fingerprint density at radius 3 is 0.908 bits per heavy atom. The van der Waals surface area contributed by atoms with Crippen LogP contribution >= 0.6 is 227 Å². The quantitative estimate of drug-likeness (QED) is 0.0345. The number of benzene rings is 3. The maximum atomic E-state index is 10.3. The molecule has 18 nitrogen and oxygen atoms in total. The van der Waals surface area contributed by atoms with E-state index in [4.69, 9.17) is 5.11 Å². The number of aliphatic hydroxyl groups is 18. The van der Waals surface area contributed by atoms with Crippen molar-refractivity contribution in [3.8, 4) is 0 Å². The van der Waals surface area contributed by atoms with Gasteiger partial charge in [-0.15, -0.1) is 0 Å². The van der Waals surface area contributed by atoms with Crippen molar-refractivity contribution in [2.75, 3.05) is 69.0 Å². The van der Waals surface area contributed by atoms with Gasteiger partial charge in [-0.1, -0.05) is 131 Å². The van der Waals surface area contributed by atoms with E-state index in [1.807, 2.05) is 78.9 Å². The molecule has 640 valence electrons. The fourth-order valence-corrected chi connectivity index (χ4v) is 17.6. The van der Waals surface area contributed by atoms with Crippen LogP contribution in [0, 0.1) is 0 Å². The lowest BCUT2D eigenvalue weighted by Crippen LogP contribution is -2.59. The average molecular weight is 1880 g/mol. The summed E-state index contributed by atoms with van der Waals surface area (Å²) in [7, 11) is 0. The first-order valence-corrected chi connectivity index (χ1v) is 46.4. The zero-order valence-corrected chi connectivity index (χ0v) is 78.8. The van der Waals surface area contributed by atoms with E-state index in [1.54, 1.807) is 26.0 Å². The van der Waals surface area contributed by atoms with Crippen LogP contribution in [0.4, 0.5) is 0 Å². The van der Waals surface area contributed by atoms with E-state index in [0.29, 0.717) is 78.6 Å². The summed E-state index contributed by atoms with van der Waals surface area (Å²) in [5.74, 6) is 3.15. The summed E-state index contributed by atoms with van der Waals surface area (Å²) < 4.78 is 0. The van der Waals surface area contributed by atoms with Crippen LogP contribution in [-0.4, -0.2) is 281 Å². The number of hydrogen-bond acceptors (Lipinski definition) is 36. The van der Waals surface area contributed by atoms with E-state index in [-0.39, 0.29) is 55.5 Å². The van der Waals surface area contributed by atoms with E-state index < -0.39 is 115 Å². The SMILES string of the molecule is CC(O)(CS)C(C)(O)CS.CC(O)(CS)C(O)CS.CC(S)C(O)C(O)C(C)S.OC(C(S)c1ccccc1)C(O)C(S)c1ccccc1.OC(CS)C(O)(CS)c1ccccc1.OC(CS)C1(O)CCCC1S.OC(CS)C1(O)CCCCC1S.OC1(CS)CCCC1(O)CS.OC1(CS)CCCCC1(O)CS. The molecule has 0 heterocycles. The highest BCUT2D eigenvalue weighted by Crippen LogP contribution is 2.43. The first-order valence-electron chi connectivity index (χ1n) is 35.7. The van der Waals surface area contributed by atoms with Crippen molar-refractivity contribution in [1.82, 2.24) is 0 Å². The lowest BCUT2D eigenvalue weighted by molar-refractivity contribution is -0.147. The minimum Gasteiger partial charge on any atom is -0.389 e. The summed E-state index contributed by atoms with van der Waals surface area (Å²) in [6, 6.07) is 27.9. The molecule has 4 aliphatic rings. The Kier molecular flexibility index (Phi) is 58.8. The highest BCUT2D eigenvalue weighted by molar-refractivity contribution is 7.83. The molecule has 18 N–H and O–H groups in total. The maximum Gasteiger partial charge on any atom is 0.125 e. The summed E-state index contributed by atoms with van der Waals surface area (Å²) >= 11 is 72.9. The Morgan fingerprint density at radius 2 is 0.661 bits per heavy atom. The second-order valence-corrected chi connectivity index (χ2v) is 36.7. The van der Waals surface area contributed by atoms with Crippen molar-refractivity contribution < 1.29 is 91.9 Å². The molecule has 0 spiro atoms. The number of rotatable bonds is 26. The number of thiol groups is 18. The molecule has 4 saturated carbocycles. The third-order valence-corrected chi connectivity index (χ3v) is 29.3. The predicted molar refractivity (Wildman–Crippen MR) is 510 cm³/mol. The van der Waals surface area contributed by atoms with Gasteiger partial charge in [0, 0.05) is 90.0 Å². The van der Waals surface area contributed by atoms with Crippen LogP contribution in [0.2, 0.25) is 0 Å². The lowest BCUT2D eigenvalue weighted by Gasteiger charge is -2.45. The van der Waals surface area contributed by atoms with Gasteiger partial charge in [-0.3, -0.25) is 0 Å². The number of hydrogen-bond donors (Lipinski definition) is 36. The van der Waals surface area contributed by atoms with E-state index in [2.05, 4.69) is 227 Å². The van der Waals surface area contributed by atoms with Crippen molar-refractivity contribution in [2.45, 2.75) is 261 Å². The highest BCUT2D eigenvalue weighted by atomic mass is 32.1. The Balaban J connectivity index is 0. The molecule has 4 fully saturated rings. The van der Waals surface area contributed by atoms with Crippen LogP contribution in [-0.2, 0) is 5.60 Å². The van der Waals surface area contributed by atoms with Crippen molar-refractivity contribution in [3.05, 3.63) is 108 Å². The Hall–Kier alpha value is 3.24. The average Bonchev–Trinajstić information content (AvgIpc) is 1.77. The second kappa shape index (κ2) is 56.1. The van der Waals surface area contributed by atoms with Crippen LogP contribution in [0.3, 0.4) is 0 Å². The first-order chi connectivity index (χ1) is 50.5. The molecule has 109 heavy (non-hydrogen) atoms. The van der Waals surface area contributed by atoms with Crippen LogP contribution in [0.5, 0.6) is 0 Å². The van der Waals surface area contributed by atoms with E-state index >= 15 is 0 Å². The van der Waals surface area contributed by atoms with Crippen LogP contribution in [0.1, 0.15) is 152 Å². The van der Waals surface area contributed by atoms with E-state index in [1.165, 1.54) is 20.8 Å². The topological polar surface area (TPSA) is 364 Å². The minimum atomic E-state index is -1.31. The van der Waals surface area contributed by atoms with Crippen molar-refractivity contribution in [2.24, 2.45) is 0 Å². The summed E-state index contributed by atoms with van der Waals surface area (Å²) in [4.78, 5) is 0. The highest BCUT2D eigenvalue weighted by Gasteiger charge is 2.52.